The molecule has 23 heavy (non-hydrogen) atoms. The molecule has 0 aliphatic heterocycles. The van der Waals surface area contributed by atoms with Gasteiger partial charge in [0.1, 0.15) is 0 Å². The van der Waals surface area contributed by atoms with Crippen LogP contribution in [0.15, 0.2) is 65.1 Å². The highest BCUT2D eigenvalue weighted by Gasteiger charge is 2.20. The first-order chi connectivity index (χ1) is 10.8. The zero-order valence-electron chi connectivity index (χ0n) is 13.9. The molecule has 122 valence electrons. The molecule has 0 saturated heterocycles. The van der Waals surface area contributed by atoms with Gasteiger partial charge < -0.3 is 0 Å². The fourth-order valence-electron chi connectivity index (χ4n) is 2.08. The molecule has 0 radical (unpaired) electrons. The van der Waals surface area contributed by atoms with E-state index in [1.54, 1.807) is 0 Å². The fraction of sp³-hybridized carbons (Fsp3) is 0.278. The van der Waals surface area contributed by atoms with Gasteiger partial charge in [-0.3, -0.25) is 0 Å². The van der Waals surface area contributed by atoms with Crippen LogP contribution in [0, 0.1) is 0 Å². The minimum Gasteiger partial charge on any atom is -0.205 e. The minimum absolute atomic E-state index is 0.117. The zero-order chi connectivity index (χ0) is 16.9. The number of sulfonamides is 1. The van der Waals surface area contributed by atoms with E-state index in [2.05, 4.69) is 24.0 Å². The molecule has 0 saturated carbocycles. The summed E-state index contributed by atoms with van der Waals surface area (Å²) in [5.41, 5.74) is 2.15. The molecular weight excluding hydrogens is 322 g/mol. The summed E-state index contributed by atoms with van der Waals surface area (Å²) in [7, 11) is -4.91. The Balaban J connectivity index is 2.42. The Bertz CT molecular complexity index is 722. The molecule has 0 bridgehead atoms. The fourth-order valence-corrected chi connectivity index (χ4v) is 6.15. The molecule has 0 aliphatic rings. The maximum absolute atomic E-state index is 12.5. The lowest BCUT2D eigenvalue weighted by Gasteiger charge is -2.14. The van der Waals surface area contributed by atoms with E-state index in [9.17, 15) is 8.42 Å². The molecule has 0 spiro atoms. The quantitative estimate of drug-likeness (QED) is 0.582. The van der Waals surface area contributed by atoms with Crippen LogP contribution in [0.3, 0.4) is 0 Å². The average molecular weight is 346 g/mol. The summed E-state index contributed by atoms with van der Waals surface area (Å²) in [6, 6.07) is 19.7. The Morgan fingerprint density at radius 1 is 0.870 bits per heavy atom. The topological polar surface area (TPSA) is 46.5 Å². The van der Waals surface area contributed by atoms with E-state index in [-0.39, 0.29) is 5.75 Å². The summed E-state index contributed by atoms with van der Waals surface area (Å²) in [6.07, 6.45) is 0. The molecule has 0 fully saturated rings. The standard InChI is InChI=1S/C18H23NO2SSi/c1-23(2,3)15-14-22(20,21)19-18(16-10-6-4-7-11-16)17-12-8-5-9-13-17/h4-13H,14-15H2,1-3H3. The van der Waals surface area contributed by atoms with Gasteiger partial charge in [-0.1, -0.05) is 80.3 Å². The largest absolute Gasteiger partial charge is 0.253 e. The zero-order valence-corrected chi connectivity index (χ0v) is 15.7. The van der Waals surface area contributed by atoms with E-state index in [0.29, 0.717) is 5.71 Å². The van der Waals surface area contributed by atoms with E-state index < -0.39 is 18.1 Å². The van der Waals surface area contributed by atoms with Crippen LogP contribution < -0.4 is 0 Å². The van der Waals surface area contributed by atoms with Gasteiger partial charge in [0.25, 0.3) is 10.0 Å². The Morgan fingerprint density at radius 2 is 1.30 bits per heavy atom. The van der Waals surface area contributed by atoms with Crippen LogP contribution in [0.25, 0.3) is 0 Å². The lowest BCUT2D eigenvalue weighted by molar-refractivity contribution is 0.599. The molecule has 0 heterocycles. The molecule has 0 atom stereocenters. The minimum atomic E-state index is -3.49. The van der Waals surface area contributed by atoms with Crippen LogP contribution >= 0.6 is 0 Å². The monoisotopic (exact) mass is 345 g/mol. The molecule has 2 rings (SSSR count). The summed E-state index contributed by atoms with van der Waals surface area (Å²) < 4.78 is 29.1. The number of benzene rings is 2. The predicted molar refractivity (Wildman–Crippen MR) is 100 cm³/mol. The van der Waals surface area contributed by atoms with Crippen molar-refractivity contribution in [2.45, 2.75) is 25.7 Å². The van der Waals surface area contributed by atoms with E-state index in [1.165, 1.54) is 0 Å². The van der Waals surface area contributed by atoms with Gasteiger partial charge in [-0.2, -0.15) is 4.40 Å². The Labute approximate surface area is 140 Å². The summed E-state index contributed by atoms with van der Waals surface area (Å²) in [4.78, 5) is 0. The van der Waals surface area contributed by atoms with Crippen LogP contribution in [0.1, 0.15) is 11.1 Å². The molecule has 0 N–H and O–H groups in total. The summed E-state index contributed by atoms with van der Waals surface area (Å²) in [5, 5.41) is 0. The van der Waals surface area contributed by atoms with Crippen LogP contribution in [-0.2, 0) is 10.0 Å². The van der Waals surface area contributed by atoms with Crippen molar-refractivity contribution in [3.05, 3.63) is 71.8 Å². The average Bonchev–Trinajstić information content (AvgIpc) is 2.52. The molecule has 2 aromatic carbocycles. The molecule has 0 unspecified atom stereocenters. The van der Waals surface area contributed by atoms with Gasteiger partial charge in [0.2, 0.25) is 0 Å². The van der Waals surface area contributed by atoms with Gasteiger partial charge in [0, 0.05) is 19.2 Å². The molecule has 5 heteroatoms. The van der Waals surface area contributed by atoms with Crippen molar-refractivity contribution < 1.29 is 8.42 Å². The van der Waals surface area contributed by atoms with Gasteiger partial charge in [-0.25, -0.2) is 8.42 Å². The number of hydrogen-bond donors (Lipinski definition) is 0. The molecule has 3 nitrogen and oxygen atoms in total. The van der Waals surface area contributed by atoms with E-state index in [0.717, 1.165) is 17.2 Å². The molecular formula is C18H23NO2SSi. The molecule has 2 aromatic rings. The van der Waals surface area contributed by atoms with Crippen molar-refractivity contribution in [3.8, 4) is 0 Å². The van der Waals surface area contributed by atoms with Gasteiger partial charge >= 0.3 is 0 Å². The second-order valence-corrected chi connectivity index (χ2v) is 14.1. The van der Waals surface area contributed by atoms with Crippen molar-refractivity contribution >= 4 is 23.8 Å². The highest BCUT2D eigenvalue weighted by Crippen LogP contribution is 2.15. The maximum atomic E-state index is 12.5. The highest BCUT2D eigenvalue weighted by atomic mass is 32.2. The van der Waals surface area contributed by atoms with Crippen molar-refractivity contribution in [2.75, 3.05) is 5.75 Å². The third-order valence-electron chi connectivity index (χ3n) is 3.43. The number of nitrogens with zero attached hydrogens (tertiary/aromatic N) is 1. The summed E-state index contributed by atoms with van der Waals surface area (Å²) >= 11 is 0. The SMILES string of the molecule is C[Si](C)(C)CCS(=O)(=O)N=C(c1ccccc1)c1ccccc1. The van der Waals surface area contributed by atoms with Crippen LogP contribution in [0.2, 0.25) is 25.7 Å². The van der Waals surface area contributed by atoms with Crippen molar-refractivity contribution in [1.29, 1.82) is 0 Å². The van der Waals surface area contributed by atoms with E-state index in [1.807, 2.05) is 60.7 Å². The predicted octanol–water partition coefficient (Wildman–Crippen LogP) is 4.19. The van der Waals surface area contributed by atoms with Crippen molar-refractivity contribution in [2.24, 2.45) is 4.40 Å². The van der Waals surface area contributed by atoms with Gasteiger partial charge in [0.05, 0.1) is 11.5 Å². The second-order valence-electron chi connectivity index (χ2n) is 6.77. The Morgan fingerprint density at radius 3 is 1.70 bits per heavy atom. The Kier molecular flexibility index (Phi) is 5.54. The summed E-state index contributed by atoms with van der Waals surface area (Å²) in [6.45, 7) is 6.50. The first kappa shape index (κ1) is 17.6. The van der Waals surface area contributed by atoms with Gasteiger partial charge in [-0.15, -0.1) is 0 Å². The second kappa shape index (κ2) is 7.23. The lowest BCUT2D eigenvalue weighted by atomic mass is 10.0. The van der Waals surface area contributed by atoms with Crippen LogP contribution in [0.4, 0.5) is 0 Å². The number of hydrogen-bond acceptors (Lipinski definition) is 2. The van der Waals surface area contributed by atoms with Gasteiger partial charge in [-0.05, 0) is 6.04 Å². The molecule has 0 aromatic heterocycles. The first-order valence-electron chi connectivity index (χ1n) is 7.70. The first-order valence-corrected chi connectivity index (χ1v) is 13.0. The van der Waals surface area contributed by atoms with E-state index >= 15 is 0 Å². The molecule has 0 amide bonds. The van der Waals surface area contributed by atoms with E-state index in [4.69, 9.17) is 0 Å². The van der Waals surface area contributed by atoms with Gasteiger partial charge in [0.15, 0.2) is 0 Å². The maximum Gasteiger partial charge on any atom is 0.253 e. The van der Waals surface area contributed by atoms with Crippen molar-refractivity contribution in [3.63, 3.8) is 0 Å². The Hall–Kier alpha value is -1.72. The third-order valence-corrected chi connectivity index (χ3v) is 6.73. The van der Waals surface area contributed by atoms with Crippen molar-refractivity contribution in [1.82, 2.24) is 0 Å². The lowest BCUT2D eigenvalue weighted by Crippen LogP contribution is -2.23. The number of rotatable bonds is 6. The van der Waals surface area contributed by atoms with Crippen LogP contribution in [0.5, 0.6) is 0 Å². The third kappa shape index (κ3) is 5.77. The summed E-state index contributed by atoms with van der Waals surface area (Å²) in [5.74, 6) is 0.117. The smallest absolute Gasteiger partial charge is 0.205 e. The van der Waals surface area contributed by atoms with Crippen LogP contribution in [-0.4, -0.2) is 28.0 Å². The molecule has 0 aliphatic carbocycles. The highest BCUT2D eigenvalue weighted by molar-refractivity contribution is 7.90. The normalized spacial score (nSPS) is 12.0.